The van der Waals surface area contributed by atoms with Gasteiger partial charge in [0.2, 0.25) is 0 Å². The molecule has 0 aliphatic heterocycles. The topological polar surface area (TPSA) is 12.0 Å². The second-order valence-electron chi connectivity index (χ2n) is 6.30. The van der Waals surface area contributed by atoms with Gasteiger partial charge in [0, 0.05) is 0 Å². The minimum absolute atomic E-state index is 0.101. The predicted molar refractivity (Wildman–Crippen MR) is 86.5 cm³/mol. The van der Waals surface area contributed by atoms with Crippen LogP contribution in [0.3, 0.4) is 0 Å². The highest BCUT2D eigenvalue weighted by atomic mass is 35.5. The molecule has 1 aliphatic rings. The molecule has 0 bridgehead atoms. The standard InChI is InChI=1S/C18H19ClFN/c1-18(2)11-10-16(12-6-3-4-7-13(12)18)21-17-14(19)8-5-9-15(17)20/h3-9,16,21H,10-11H2,1-2H3. The molecule has 1 nitrogen and oxygen atoms in total. The number of hydrogen-bond donors (Lipinski definition) is 1. The van der Waals surface area contributed by atoms with Crippen LogP contribution in [0, 0.1) is 5.82 Å². The normalized spacial score (nSPS) is 19.9. The monoisotopic (exact) mass is 303 g/mol. The van der Waals surface area contributed by atoms with Crippen LogP contribution in [0.4, 0.5) is 10.1 Å². The molecule has 1 unspecified atom stereocenters. The number of nitrogens with one attached hydrogen (secondary N) is 1. The highest BCUT2D eigenvalue weighted by Gasteiger charge is 2.32. The molecule has 110 valence electrons. The second kappa shape index (κ2) is 5.34. The van der Waals surface area contributed by atoms with Gasteiger partial charge in [-0.15, -0.1) is 0 Å². The van der Waals surface area contributed by atoms with Crippen molar-refractivity contribution in [1.82, 2.24) is 0 Å². The summed E-state index contributed by atoms with van der Waals surface area (Å²) < 4.78 is 14.0. The maximum absolute atomic E-state index is 14.0. The van der Waals surface area contributed by atoms with Crippen molar-refractivity contribution in [1.29, 1.82) is 0 Å². The molecule has 0 amide bonds. The van der Waals surface area contributed by atoms with Crippen LogP contribution in [0.5, 0.6) is 0 Å². The Labute approximate surface area is 130 Å². The van der Waals surface area contributed by atoms with E-state index in [1.54, 1.807) is 12.1 Å². The predicted octanol–water partition coefficient (Wildman–Crippen LogP) is 5.70. The smallest absolute Gasteiger partial charge is 0.147 e. The summed E-state index contributed by atoms with van der Waals surface area (Å²) in [7, 11) is 0. The summed E-state index contributed by atoms with van der Waals surface area (Å²) in [6.07, 6.45) is 2.03. The fraction of sp³-hybridized carbons (Fsp3) is 0.333. The molecule has 1 aliphatic carbocycles. The molecule has 3 heteroatoms. The molecule has 3 rings (SSSR count). The summed E-state index contributed by atoms with van der Waals surface area (Å²) in [5.74, 6) is -0.301. The van der Waals surface area contributed by atoms with Crippen LogP contribution in [0.25, 0.3) is 0 Å². The zero-order valence-corrected chi connectivity index (χ0v) is 13.0. The van der Waals surface area contributed by atoms with E-state index in [0.29, 0.717) is 10.7 Å². The third-order valence-corrected chi connectivity index (χ3v) is 4.72. The Morgan fingerprint density at radius 1 is 1.14 bits per heavy atom. The number of rotatable bonds is 2. The van der Waals surface area contributed by atoms with Crippen LogP contribution in [0.15, 0.2) is 42.5 Å². The Hall–Kier alpha value is -1.54. The number of halogens is 2. The van der Waals surface area contributed by atoms with E-state index in [1.165, 1.54) is 17.2 Å². The molecular formula is C18H19ClFN. The van der Waals surface area contributed by atoms with Gasteiger partial charge >= 0.3 is 0 Å². The quantitative estimate of drug-likeness (QED) is 0.750. The molecular weight excluding hydrogens is 285 g/mol. The molecule has 0 heterocycles. The largest absolute Gasteiger partial charge is 0.375 e. The first kappa shape index (κ1) is 14.4. The molecule has 0 saturated heterocycles. The zero-order chi connectivity index (χ0) is 15.0. The van der Waals surface area contributed by atoms with E-state index in [2.05, 4.69) is 37.4 Å². The van der Waals surface area contributed by atoms with Crippen LogP contribution < -0.4 is 5.32 Å². The molecule has 0 fully saturated rings. The SMILES string of the molecule is CC1(C)CCC(Nc2c(F)cccc2Cl)c2ccccc21. The Bertz CT molecular complexity index is 646. The van der Waals surface area contributed by atoms with E-state index in [4.69, 9.17) is 11.6 Å². The number of benzene rings is 2. The summed E-state index contributed by atoms with van der Waals surface area (Å²) in [5.41, 5.74) is 3.14. The highest BCUT2D eigenvalue weighted by Crippen LogP contribution is 2.43. The van der Waals surface area contributed by atoms with E-state index >= 15 is 0 Å². The molecule has 0 saturated carbocycles. The van der Waals surface area contributed by atoms with Crippen molar-refractivity contribution in [3.05, 3.63) is 64.4 Å². The summed E-state index contributed by atoms with van der Waals surface area (Å²) in [6.45, 7) is 4.52. The van der Waals surface area contributed by atoms with E-state index < -0.39 is 0 Å². The molecule has 1 N–H and O–H groups in total. The molecule has 21 heavy (non-hydrogen) atoms. The van der Waals surface area contributed by atoms with Crippen LogP contribution in [0.1, 0.15) is 43.9 Å². The van der Waals surface area contributed by atoms with E-state index in [-0.39, 0.29) is 17.3 Å². The van der Waals surface area contributed by atoms with Crippen LogP contribution in [-0.4, -0.2) is 0 Å². The lowest BCUT2D eigenvalue weighted by Crippen LogP contribution is -2.29. The van der Waals surface area contributed by atoms with Gasteiger partial charge in [-0.3, -0.25) is 0 Å². The molecule has 0 spiro atoms. The van der Waals surface area contributed by atoms with Crippen molar-refractivity contribution in [2.75, 3.05) is 5.32 Å². The summed E-state index contributed by atoms with van der Waals surface area (Å²) in [6, 6.07) is 13.3. The molecule has 0 radical (unpaired) electrons. The lowest BCUT2D eigenvalue weighted by molar-refractivity contribution is 0.405. The van der Waals surface area contributed by atoms with Gasteiger partial charge in [0.25, 0.3) is 0 Å². The minimum Gasteiger partial charge on any atom is -0.375 e. The van der Waals surface area contributed by atoms with Gasteiger partial charge in [0.15, 0.2) is 0 Å². The van der Waals surface area contributed by atoms with Crippen molar-refractivity contribution >= 4 is 17.3 Å². The van der Waals surface area contributed by atoms with E-state index in [0.717, 1.165) is 12.8 Å². The number of para-hydroxylation sites is 1. The summed E-state index contributed by atoms with van der Waals surface area (Å²) in [5, 5.41) is 3.73. The van der Waals surface area contributed by atoms with Crippen molar-refractivity contribution in [2.45, 2.75) is 38.1 Å². The zero-order valence-electron chi connectivity index (χ0n) is 12.3. The highest BCUT2D eigenvalue weighted by molar-refractivity contribution is 6.33. The van der Waals surface area contributed by atoms with Crippen molar-refractivity contribution in [2.24, 2.45) is 0 Å². The fourth-order valence-corrected chi connectivity index (χ4v) is 3.39. The average molecular weight is 304 g/mol. The Morgan fingerprint density at radius 2 is 1.90 bits per heavy atom. The summed E-state index contributed by atoms with van der Waals surface area (Å²) >= 11 is 6.13. The number of hydrogen-bond acceptors (Lipinski definition) is 1. The third-order valence-electron chi connectivity index (χ3n) is 4.40. The Kier molecular flexibility index (Phi) is 3.66. The van der Waals surface area contributed by atoms with Gasteiger partial charge in [-0.05, 0) is 41.5 Å². The first-order chi connectivity index (χ1) is 9.99. The van der Waals surface area contributed by atoms with Crippen LogP contribution in [0.2, 0.25) is 5.02 Å². The van der Waals surface area contributed by atoms with Gasteiger partial charge in [-0.2, -0.15) is 0 Å². The number of fused-ring (bicyclic) bond motifs is 1. The fourth-order valence-electron chi connectivity index (χ4n) is 3.17. The van der Waals surface area contributed by atoms with Gasteiger partial charge in [0.1, 0.15) is 5.82 Å². The maximum Gasteiger partial charge on any atom is 0.147 e. The molecule has 2 aromatic carbocycles. The third kappa shape index (κ3) is 2.65. The minimum atomic E-state index is -0.301. The van der Waals surface area contributed by atoms with Gasteiger partial charge < -0.3 is 5.32 Å². The van der Waals surface area contributed by atoms with Gasteiger partial charge in [-0.25, -0.2) is 4.39 Å². The van der Waals surface area contributed by atoms with Gasteiger partial charge in [-0.1, -0.05) is 55.8 Å². The maximum atomic E-state index is 14.0. The molecule has 2 aromatic rings. The number of anilines is 1. The Balaban J connectivity index is 1.98. The van der Waals surface area contributed by atoms with Crippen molar-refractivity contribution < 1.29 is 4.39 Å². The molecule has 0 aromatic heterocycles. The Morgan fingerprint density at radius 3 is 2.67 bits per heavy atom. The summed E-state index contributed by atoms with van der Waals surface area (Å²) in [4.78, 5) is 0. The van der Waals surface area contributed by atoms with Gasteiger partial charge in [0.05, 0.1) is 16.8 Å². The first-order valence-corrected chi connectivity index (χ1v) is 7.67. The van der Waals surface area contributed by atoms with E-state index in [1.807, 2.05) is 6.07 Å². The van der Waals surface area contributed by atoms with Crippen LogP contribution in [-0.2, 0) is 5.41 Å². The van der Waals surface area contributed by atoms with E-state index in [9.17, 15) is 4.39 Å². The second-order valence-corrected chi connectivity index (χ2v) is 6.71. The average Bonchev–Trinajstić information content (AvgIpc) is 2.45. The molecule has 1 atom stereocenters. The van der Waals surface area contributed by atoms with Crippen LogP contribution >= 0.6 is 11.6 Å². The lowest BCUT2D eigenvalue weighted by Gasteiger charge is -2.37. The lowest BCUT2D eigenvalue weighted by atomic mass is 9.71. The first-order valence-electron chi connectivity index (χ1n) is 7.29. The van der Waals surface area contributed by atoms with Crippen molar-refractivity contribution in [3.63, 3.8) is 0 Å². The van der Waals surface area contributed by atoms with Crippen molar-refractivity contribution in [3.8, 4) is 0 Å².